The standard InChI is InChI=1S/C27H36N6O5S/c1-17-9-11-20(39(28,35)36)15-21(17)32-26(34)22(13-18-7-5-4-6-8-18)31-25-16-29-27(33-25)30-19-10-12-23(37-2)24(14-19)38-3/h9-12,14-16,18,22,31H,4-8,13H2,1-3H3,(H,32,34)(H2,28,35,36)(H2,29,30,33)/t22-/m1/s1. The van der Waals surface area contributed by atoms with Crippen LogP contribution >= 0.6 is 0 Å². The highest BCUT2D eigenvalue weighted by Gasteiger charge is 2.26. The summed E-state index contributed by atoms with van der Waals surface area (Å²) in [5.41, 5.74) is 1.88. The van der Waals surface area contributed by atoms with Gasteiger partial charge in [-0.05, 0) is 49.1 Å². The number of benzene rings is 2. The maximum atomic E-state index is 13.5. The molecule has 1 aliphatic carbocycles. The van der Waals surface area contributed by atoms with Crippen molar-refractivity contribution in [2.24, 2.45) is 11.1 Å². The molecule has 1 fully saturated rings. The average Bonchev–Trinajstić information content (AvgIpc) is 3.36. The fourth-order valence-electron chi connectivity index (χ4n) is 4.81. The van der Waals surface area contributed by atoms with Gasteiger partial charge < -0.3 is 30.4 Å². The number of hydrogen-bond acceptors (Lipinski definition) is 8. The van der Waals surface area contributed by atoms with E-state index in [-0.39, 0.29) is 10.8 Å². The molecule has 0 radical (unpaired) electrons. The van der Waals surface area contributed by atoms with Gasteiger partial charge in [0.1, 0.15) is 11.9 Å². The molecule has 11 nitrogen and oxygen atoms in total. The minimum Gasteiger partial charge on any atom is -0.493 e. The van der Waals surface area contributed by atoms with Crippen LogP contribution in [0.5, 0.6) is 11.5 Å². The number of nitrogens with one attached hydrogen (secondary N) is 4. The summed E-state index contributed by atoms with van der Waals surface area (Å²) in [6.07, 6.45) is 7.97. The molecular weight excluding hydrogens is 520 g/mol. The quantitative estimate of drug-likeness (QED) is 0.230. The number of aryl methyl sites for hydroxylation is 1. The van der Waals surface area contributed by atoms with Gasteiger partial charge in [0, 0.05) is 23.6 Å². The number of aromatic amines is 1. The van der Waals surface area contributed by atoms with Gasteiger partial charge in [-0.3, -0.25) is 4.79 Å². The lowest BCUT2D eigenvalue weighted by Crippen LogP contribution is -2.37. The largest absolute Gasteiger partial charge is 0.493 e. The average molecular weight is 557 g/mol. The molecule has 39 heavy (non-hydrogen) atoms. The number of methoxy groups -OCH3 is 2. The number of rotatable bonds is 11. The molecule has 1 heterocycles. The third kappa shape index (κ3) is 7.42. The van der Waals surface area contributed by atoms with Crippen molar-refractivity contribution in [2.75, 3.05) is 30.2 Å². The summed E-state index contributed by atoms with van der Waals surface area (Å²) in [6, 6.07) is 9.29. The lowest BCUT2D eigenvalue weighted by molar-refractivity contribution is -0.117. The summed E-state index contributed by atoms with van der Waals surface area (Å²) in [5.74, 6) is 2.32. The Balaban J connectivity index is 1.51. The first-order valence-corrected chi connectivity index (χ1v) is 14.5. The molecule has 1 atom stereocenters. The number of H-pyrrole nitrogens is 1. The van der Waals surface area contributed by atoms with Crippen LogP contribution in [0.4, 0.5) is 23.1 Å². The number of anilines is 4. The predicted molar refractivity (Wildman–Crippen MR) is 151 cm³/mol. The Kier molecular flexibility index (Phi) is 8.97. The molecular formula is C27H36N6O5S. The zero-order chi connectivity index (χ0) is 28.0. The topological polar surface area (TPSA) is 160 Å². The number of carbonyl (C=O) groups is 1. The van der Waals surface area contributed by atoms with Gasteiger partial charge in [0.15, 0.2) is 11.5 Å². The number of hydrogen-bond donors (Lipinski definition) is 5. The predicted octanol–water partition coefficient (Wildman–Crippen LogP) is 4.52. The maximum absolute atomic E-state index is 13.5. The van der Waals surface area contributed by atoms with Crippen LogP contribution in [-0.2, 0) is 14.8 Å². The zero-order valence-electron chi connectivity index (χ0n) is 22.4. The van der Waals surface area contributed by atoms with Crippen LogP contribution in [0, 0.1) is 12.8 Å². The van der Waals surface area contributed by atoms with Gasteiger partial charge in [0.05, 0.1) is 19.1 Å². The van der Waals surface area contributed by atoms with E-state index in [0.29, 0.717) is 41.3 Å². The maximum Gasteiger partial charge on any atom is 0.246 e. The normalized spacial score (nSPS) is 14.9. The first-order valence-electron chi connectivity index (χ1n) is 12.9. The summed E-state index contributed by atoms with van der Waals surface area (Å²) in [4.78, 5) is 21.1. The van der Waals surface area contributed by atoms with Crippen molar-refractivity contribution in [3.63, 3.8) is 0 Å². The first kappa shape index (κ1) is 28.2. The van der Waals surface area contributed by atoms with Gasteiger partial charge in [-0.15, -0.1) is 0 Å². The second-order valence-electron chi connectivity index (χ2n) is 9.78. The number of aromatic nitrogens is 2. The summed E-state index contributed by atoms with van der Waals surface area (Å²) >= 11 is 0. The molecule has 4 rings (SSSR count). The summed E-state index contributed by atoms with van der Waals surface area (Å²) in [7, 11) is -0.757. The van der Waals surface area contributed by atoms with Crippen LogP contribution in [0.3, 0.4) is 0 Å². The molecule has 0 saturated heterocycles. The molecule has 0 spiro atoms. The van der Waals surface area contributed by atoms with E-state index in [9.17, 15) is 13.2 Å². The molecule has 1 aliphatic rings. The smallest absolute Gasteiger partial charge is 0.246 e. The van der Waals surface area contributed by atoms with Crippen molar-refractivity contribution >= 4 is 39.1 Å². The van der Waals surface area contributed by atoms with Crippen molar-refractivity contribution in [3.8, 4) is 11.5 Å². The fraction of sp³-hybridized carbons (Fsp3) is 0.407. The van der Waals surface area contributed by atoms with Crippen LogP contribution in [0.25, 0.3) is 0 Å². The molecule has 6 N–H and O–H groups in total. The van der Waals surface area contributed by atoms with Crippen LogP contribution in [-0.4, -0.2) is 44.6 Å². The summed E-state index contributed by atoms with van der Waals surface area (Å²) in [6.45, 7) is 1.80. The summed E-state index contributed by atoms with van der Waals surface area (Å²) < 4.78 is 34.3. The number of imidazole rings is 1. The fourth-order valence-corrected chi connectivity index (χ4v) is 5.35. The van der Waals surface area contributed by atoms with E-state index in [4.69, 9.17) is 14.6 Å². The van der Waals surface area contributed by atoms with Crippen LogP contribution < -0.4 is 30.6 Å². The monoisotopic (exact) mass is 556 g/mol. The van der Waals surface area contributed by atoms with E-state index in [1.165, 1.54) is 18.6 Å². The Morgan fingerprint density at radius 1 is 1.10 bits per heavy atom. The molecule has 1 amide bonds. The molecule has 12 heteroatoms. The first-order chi connectivity index (χ1) is 18.7. The highest BCUT2D eigenvalue weighted by molar-refractivity contribution is 7.89. The van der Waals surface area contributed by atoms with Gasteiger partial charge in [0.25, 0.3) is 0 Å². The van der Waals surface area contributed by atoms with Crippen LogP contribution in [0.2, 0.25) is 0 Å². The van der Waals surface area contributed by atoms with Gasteiger partial charge in [0.2, 0.25) is 21.9 Å². The lowest BCUT2D eigenvalue weighted by Gasteiger charge is -2.27. The Bertz CT molecular complexity index is 1400. The molecule has 210 valence electrons. The van der Waals surface area contributed by atoms with Gasteiger partial charge in [-0.1, -0.05) is 38.2 Å². The van der Waals surface area contributed by atoms with E-state index in [2.05, 4.69) is 25.9 Å². The summed E-state index contributed by atoms with van der Waals surface area (Å²) in [5, 5.41) is 14.7. The van der Waals surface area contributed by atoms with Crippen molar-refractivity contribution in [2.45, 2.75) is 56.4 Å². The van der Waals surface area contributed by atoms with Gasteiger partial charge in [-0.2, -0.15) is 4.98 Å². The molecule has 0 bridgehead atoms. The Morgan fingerprint density at radius 2 is 1.85 bits per heavy atom. The van der Waals surface area contributed by atoms with Gasteiger partial charge in [-0.25, -0.2) is 13.6 Å². The molecule has 3 aromatic rings. The number of ether oxygens (including phenoxy) is 2. The molecule has 2 aromatic carbocycles. The Morgan fingerprint density at radius 3 is 2.54 bits per heavy atom. The van der Waals surface area contributed by atoms with Crippen LogP contribution in [0.1, 0.15) is 44.1 Å². The number of sulfonamides is 1. The SMILES string of the molecule is COc1ccc(Nc2nc(N[C@H](CC3CCCCC3)C(=O)Nc3cc(S(N)(=O)=O)ccc3C)c[nH]2)cc1OC. The van der Waals surface area contributed by atoms with E-state index in [1.54, 1.807) is 45.5 Å². The number of nitrogens with two attached hydrogens (primary N) is 1. The minimum atomic E-state index is -3.90. The number of amides is 1. The van der Waals surface area contributed by atoms with E-state index < -0.39 is 16.1 Å². The van der Waals surface area contributed by atoms with Crippen molar-refractivity contribution in [1.29, 1.82) is 0 Å². The second-order valence-corrected chi connectivity index (χ2v) is 11.3. The number of nitrogens with zero attached hydrogens (tertiary/aromatic N) is 1. The molecule has 0 aliphatic heterocycles. The van der Waals surface area contributed by atoms with Crippen LogP contribution in [0.15, 0.2) is 47.5 Å². The Labute approximate surface area is 228 Å². The highest BCUT2D eigenvalue weighted by Crippen LogP contribution is 2.32. The third-order valence-corrected chi connectivity index (χ3v) is 7.86. The number of carbonyl (C=O) groups excluding carboxylic acids is 1. The lowest BCUT2D eigenvalue weighted by atomic mass is 9.84. The highest BCUT2D eigenvalue weighted by atomic mass is 32.2. The van der Waals surface area contributed by atoms with E-state index in [0.717, 1.165) is 36.9 Å². The van der Waals surface area contributed by atoms with Crippen molar-refractivity contribution in [3.05, 3.63) is 48.2 Å². The molecule has 1 aromatic heterocycles. The molecule has 1 saturated carbocycles. The second kappa shape index (κ2) is 12.4. The molecule has 0 unspecified atom stereocenters. The van der Waals surface area contributed by atoms with Crippen molar-refractivity contribution in [1.82, 2.24) is 9.97 Å². The van der Waals surface area contributed by atoms with E-state index >= 15 is 0 Å². The van der Waals surface area contributed by atoms with Gasteiger partial charge >= 0.3 is 0 Å². The minimum absolute atomic E-state index is 0.0571. The zero-order valence-corrected chi connectivity index (χ0v) is 23.2. The third-order valence-electron chi connectivity index (χ3n) is 6.95. The van der Waals surface area contributed by atoms with Crippen molar-refractivity contribution < 1.29 is 22.7 Å². The Hall–Kier alpha value is -3.77. The number of primary sulfonamides is 1. The van der Waals surface area contributed by atoms with E-state index in [1.807, 2.05) is 6.07 Å².